The van der Waals surface area contributed by atoms with Crippen LogP contribution in [-0.2, 0) is 18.9 Å². The van der Waals surface area contributed by atoms with E-state index in [1.54, 1.807) is 84.9 Å². The lowest BCUT2D eigenvalue weighted by molar-refractivity contribution is 0.0484. The Morgan fingerprint density at radius 2 is 0.703 bits per heavy atom. The maximum Gasteiger partial charge on any atom is 0.338 e. The van der Waals surface area contributed by atoms with Gasteiger partial charge in [-0.3, -0.25) is 0 Å². The summed E-state index contributed by atoms with van der Waals surface area (Å²) in [5.74, 6) is -1.27. The third-order valence-corrected chi connectivity index (χ3v) is 11.1. The summed E-state index contributed by atoms with van der Waals surface area (Å²) in [4.78, 5) is 57.1. The number of anilines is 2. The lowest BCUT2D eigenvalue weighted by Gasteiger charge is -2.24. The Bertz CT molecular complexity index is 2620. The molecule has 332 valence electrons. The van der Waals surface area contributed by atoms with E-state index in [-0.39, 0.29) is 71.0 Å². The summed E-state index contributed by atoms with van der Waals surface area (Å²) in [7, 11) is 0. The summed E-state index contributed by atoms with van der Waals surface area (Å²) < 4.78 is 36.8. The molecule has 0 aliphatic rings. The van der Waals surface area contributed by atoms with Crippen LogP contribution >= 0.6 is 0 Å². The van der Waals surface area contributed by atoms with Gasteiger partial charge in [0.25, 0.3) is 0 Å². The van der Waals surface area contributed by atoms with Gasteiger partial charge >= 0.3 is 23.9 Å². The van der Waals surface area contributed by atoms with Gasteiger partial charge in [-0.15, -0.1) is 0 Å². The molecule has 0 fully saturated rings. The van der Waals surface area contributed by atoms with E-state index in [2.05, 4.69) is 0 Å². The van der Waals surface area contributed by atoms with Crippen molar-refractivity contribution in [2.75, 3.05) is 37.9 Å². The number of unbranched alkanes of at least 4 members (excludes halogenated alkanes) is 4. The minimum absolute atomic E-state index is 0.0810. The highest BCUT2D eigenvalue weighted by molar-refractivity contribution is 6.40. The van der Waals surface area contributed by atoms with E-state index >= 15 is 0 Å². The van der Waals surface area contributed by atoms with Gasteiger partial charge in [-0.25, -0.2) is 19.2 Å². The SMILES string of the molecule is CCCCOC(=O)c1ccc2c3c(Oc4ccc(N)cc4)cc(C(=O)OCCCC)c4c(C(=O)OCCCC)ccc(c5c(Oc6ccc(N)cc6)cc(C(=O)OCCCC)c1c25)c43. The molecular weight excluding hydrogens is 813 g/mol. The number of nitrogens with two attached hydrogens (primary N) is 2. The first kappa shape index (κ1) is 45.0. The molecule has 0 aliphatic heterocycles. The monoisotopic (exact) mass is 866 g/mol. The van der Waals surface area contributed by atoms with Gasteiger partial charge in [0.1, 0.15) is 23.0 Å². The first-order valence-corrected chi connectivity index (χ1v) is 22.1. The second-order valence-electron chi connectivity index (χ2n) is 15.7. The van der Waals surface area contributed by atoms with Crippen molar-refractivity contribution in [2.24, 2.45) is 0 Å². The van der Waals surface area contributed by atoms with Gasteiger partial charge in [0.05, 0.1) is 48.7 Å². The lowest BCUT2D eigenvalue weighted by atomic mass is 9.83. The molecule has 0 saturated carbocycles. The molecule has 7 rings (SSSR count). The molecule has 64 heavy (non-hydrogen) atoms. The Hall–Kier alpha value is -7.08. The number of hydrogen-bond donors (Lipinski definition) is 2. The van der Waals surface area contributed by atoms with Crippen LogP contribution in [0.3, 0.4) is 0 Å². The van der Waals surface area contributed by atoms with Crippen molar-refractivity contribution in [3.63, 3.8) is 0 Å². The highest BCUT2D eigenvalue weighted by Gasteiger charge is 2.31. The first-order chi connectivity index (χ1) is 31.1. The van der Waals surface area contributed by atoms with Crippen LogP contribution in [0, 0.1) is 0 Å². The molecule has 0 heterocycles. The first-order valence-electron chi connectivity index (χ1n) is 22.1. The van der Waals surface area contributed by atoms with Gasteiger partial charge in [-0.2, -0.15) is 0 Å². The minimum Gasteiger partial charge on any atom is -0.462 e. The normalized spacial score (nSPS) is 11.3. The van der Waals surface area contributed by atoms with Crippen LogP contribution in [0.4, 0.5) is 11.4 Å². The van der Waals surface area contributed by atoms with Crippen LogP contribution < -0.4 is 20.9 Å². The number of esters is 4. The number of fused-ring (bicyclic) bond motifs is 2. The zero-order valence-electron chi connectivity index (χ0n) is 36.8. The third kappa shape index (κ3) is 9.32. The molecule has 4 N–H and O–H groups in total. The minimum atomic E-state index is -0.661. The van der Waals surface area contributed by atoms with Crippen molar-refractivity contribution >= 4 is 78.3 Å². The molecule has 0 saturated heterocycles. The predicted octanol–water partition coefficient (Wildman–Crippen LogP) is 12.3. The highest BCUT2D eigenvalue weighted by Crippen LogP contribution is 2.51. The fourth-order valence-corrected chi connectivity index (χ4v) is 7.73. The predicted molar refractivity (Wildman–Crippen MR) is 250 cm³/mol. The van der Waals surface area contributed by atoms with Gasteiger partial charge in [-0.05, 0) is 109 Å². The van der Waals surface area contributed by atoms with Crippen molar-refractivity contribution in [3.05, 3.63) is 107 Å². The second-order valence-corrected chi connectivity index (χ2v) is 15.7. The number of carbonyl (C=O) groups excluding carboxylic acids is 4. The number of nitrogen functional groups attached to an aromatic ring is 2. The van der Waals surface area contributed by atoms with Crippen LogP contribution in [0.2, 0.25) is 0 Å². The van der Waals surface area contributed by atoms with Crippen LogP contribution in [0.1, 0.15) is 120 Å². The molecule has 0 amide bonds. The van der Waals surface area contributed by atoms with Crippen molar-refractivity contribution in [3.8, 4) is 23.0 Å². The fraction of sp³-hybridized carbons (Fsp3) is 0.308. The van der Waals surface area contributed by atoms with E-state index in [9.17, 15) is 19.2 Å². The number of benzene rings is 7. The summed E-state index contributed by atoms with van der Waals surface area (Å²) in [6.45, 7) is 8.64. The van der Waals surface area contributed by atoms with Crippen LogP contribution in [0.25, 0.3) is 43.1 Å². The van der Waals surface area contributed by atoms with Crippen molar-refractivity contribution in [1.82, 2.24) is 0 Å². The third-order valence-electron chi connectivity index (χ3n) is 11.1. The van der Waals surface area contributed by atoms with E-state index in [4.69, 9.17) is 39.9 Å². The molecule has 0 spiro atoms. The number of rotatable bonds is 20. The van der Waals surface area contributed by atoms with Crippen LogP contribution in [-0.4, -0.2) is 50.3 Å². The van der Waals surface area contributed by atoms with Crippen LogP contribution in [0.5, 0.6) is 23.0 Å². The molecule has 7 aromatic rings. The van der Waals surface area contributed by atoms with Gasteiger partial charge in [-0.1, -0.05) is 65.5 Å². The topological polar surface area (TPSA) is 176 Å². The average molecular weight is 867 g/mol. The van der Waals surface area contributed by atoms with Gasteiger partial charge in [0.15, 0.2) is 0 Å². The summed E-state index contributed by atoms with van der Waals surface area (Å²) in [5, 5.41) is 3.49. The largest absolute Gasteiger partial charge is 0.462 e. The summed E-state index contributed by atoms with van der Waals surface area (Å²) in [5.41, 5.74) is 13.6. The zero-order chi connectivity index (χ0) is 45.3. The van der Waals surface area contributed by atoms with E-state index in [1.165, 1.54) is 0 Å². The summed E-state index contributed by atoms with van der Waals surface area (Å²) in [6.07, 6.45) is 5.73. The number of ether oxygens (including phenoxy) is 6. The maximum atomic E-state index is 14.4. The van der Waals surface area contributed by atoms with Gasteiger partial charge in [0, 0.05) is 43.7 Å². The standard InChI is InChI=1S/C52H54N2O10/c1-5-9-25-59-49(55)37-23-21-35-46-42(64-34-19-15-32(54)16-20-34)30-40(52(58)62-28-12-8-4)44-38(50(56)60-26-10-6-2)24-22-36(48(44)46)45-41(63-33-17-13-31(53)14-18-33)29-39(43(37)47(35)45)51(57)61-27-11-7-3/h13-24,29-30H,5-12,25-28,53-54H2,1-4H3. The zero-order valence-corrected chi connectivity index (χ0v) is 36.8. The second kappa shape index (κ2) is 20.4. The Balaban J connectivity index is 1.68. The quantitative estimate of drug-likeness (QED) is 0.0185. The van der Waals surface area contributed by atoms with Crippen molar-refractivity contribution in [2.45, 2.75) is 79.1 Å². The molecule has 12 heteroatoms. The van der Waals surface area contributed by atoms with Gasteiger partial charge < -0.3 is 39.9 Å². The van der Waals surface area contributed by atoms with E-state index < -0.39 is 23.9 Å². The Kier molecular flexibility index (Phi) is 14.3. The smallest absolute Gasteiger partial charge is 0.338 e. The van der Waals surface area contributed by atoms with Crippen molar-refractivity contribution < 1.29 is 47.6 Å². The Labute approximate surface area is 372 Å². The van der Waals surface area contributed by atoms with E-state index in [0.717, 1.165) is 25.7 Å². The highest BCUT2D eigenvalue weighted by atomic mass is 16.5. The Morgan fingerprint density at radius 1 is 0.391 bits per heavy atom. The van der Waals surface area contributed by atoms with Crippen molar-refractivity contribution in [1.29, 1.82) is 0 Å². The molecule has 7 aromatic carbocycles. The summed E-state index contributed by atoms with van der Waals surface area (Å²) in [6, 6.07) is 23.5. The molecule has 0 unspecified atom stereocenters. The fourth-order valence-electron chi connectivity index (χ4n) is 7.73. The molecule has 0 aliphatic carbocycles. The number of carbonyl (C=O) groups is 4. The van der Waals surface area contributed by atoms with Crippen LogP contribution in [0.15, 0.2) is 84.9 Å². The van der Waals surface area contributed by atoms with E-state index in [1.807, 2.05) is 27.7 Å². The molecule has 0 bridgehead atoms. The summed E-state index contributed by atoms with van der Waals surface area (Å²) >= 11 is 0. The molecule has 0 aromatic heterocycles. The number of hydrogen-bond acceptors (Lipinski definition) is 12. The molecule has 0 atom stereocenters. The molecular formula is C52H54N2O10. The molecule has 0 radical (unpaired) electrons. The maximum absolute atomic E-state index is 14.4. The average Bonchev–Trinajstić information content (AvgIpc) is 3.29. The molecule has 12 nitrogen and oxygen atoms in total. The Morgan fingerprint density at radius 3 is 1.02 bits per heavy atom. The lowest BCUT2D eigenvalue weighted by Crippen LogP contribution is -2.14. The van der Waals surface area contributed by atoms with Gasteiger partial charge in [0.2, 0.25) is 0 Å². The van der Waals surface area contributed by atoms with E-state index in [0.29, 0.717) is 80.9 Å².